The SMILES string of the molecule is O=C(O)[C@@H]1CO[C@@H](C(F)(F)F)N1. The van der Waals surface area contributed by atoms with Gasteiger partial charge in [0.25, 0.3) is 0 Å². The number of carboxylic acid groups (broad SMARTS) is 1. The van der Waals surface area contributed by atoms with Gasteiger partial charge in [-0.25, -0.2) is 0 Å². The van der Waals surface area contributed by atoms with E-state index in [2.05, 4.69) is 4.74 Å². The van der Waals surface area contributed by atoms with Crippen LogP contribution in [0.15, 0.2) is 0 Å². The molecule has 0 radical (unpaired) electrons. The van der Waals surface area contributed by atoms with Gasteiger partial charge in [0.2, 0.25) is 6.23 Å². The van der Waals surface area contributed by atoms with Crippen molar-refractivity contribution in [1.29, 1.82) is 0 Å². The highest BCUT2D eigenvalue weighted by molar-refractivity contribution is 5.73. The molecule has 7 heteroatoms. The molecule has 2 atom stereocenters. The number of aliphatic carboxylic acids is 1. The first-order valence-corrected chi connectivity index (χ1v) is 3.08. The monoisotopic (exact) mass is 185 g/mol. The molecule has 70 valence electrons. The zero-order valence-electron chi connectivity index (χ0n) is 5.76. The molecular weight excluding hydrogens is 179 g/mol. The Morgan fingerprint density at radius 2 is 2.17 bits per heavy atom. The van der Waals surface area contributed by atoms with E-state index in [0.717, 1.165) is 0 Å². The van der Waals surface area contributed by atoms with E-state index in [1.54, 1.807) is 5.32 Å². The number of hydrogen-bond donors (Lipinski definition) is 2. The molecular formula is C5H6F3NO3. The molecule has 0 aromatic carbocycles. The molecule has 4 nitrogen and oxygen atoms in total. The van der Waals surface area contributed by atoms with E-state index in [9.17, 15) is 18.0 Å². The molecule has 1 rings (SSSR count). The first-order valence-electron chi connectivity index (χ1n) is 3.08. The molecule has 1 saturated heterocycles. The number of hydrogen-bond acceptors (Lipinski definition) is 3. The van der Waals surface area contributed by atoms with E-state index in [-0.39, 0.29) is 0 Å². The Bertz CT molecular complexity index is 193. The maximum absolute atomic E-state index is 11.8. The van der Waals surface area contributed by atoms with E-state index < -0.39 is 31.0 Å². The van der Waals surface area contributed by atoms with E-state index in [1.165, 1.54) is 0 Å². The Hall–Kier alpha value is -0.820. The van der Waals surface area contributed by atoms with E-state index in [4.69, 9.17) is 5.11 Å². The second-order valence-corrected chi connectivity index (χ2v) is 2.31. The number of carboxylic acids is 1. The van der Waals surface area contributed by atoms with Crippen LogP contribution in [0.4, 0.5) is 13.2 Å². The first kappa shape index (κ1) is 9.27. The predicted octanol–water partition coefficient (Wildman–Crippen LogP) is -0.0522. The maximum Gasteiger partial charge on any atom is 0.428 e. The van der Waals surface area contributed by atoms with Gasteiger partial charge in [-0.1, -0.05) is 0 Å². The van der Waals surface area contributed by atoms with Crippen LogP contribution in [0.5, 0.6) is 0 Å². The minimum atomic E-state index is -4.55. The quantitative estimate of drug-likeness (QED) is 0.601. The molecule has 1 aliphatic heterocycles. The van der Waals surface area contributed by atoms with Gasteiger partial charge >= 0.3 is 12.1 Å². The van der Waals surface area contributed by atoms with Crippen molar-refractivity contribution in [3.8, 4) is 0 Å². The van der Waals surface area contributed by atoms with Crippen molar-refractivity contribution < 1.29 is 27.8 Å². The van der Waals surface area contributed by atoms with Crippen LogP contribution in [0, 0.1) is 0 Å². The minimum Gasteiger partial charge on any atom is -0.480 e. The van der Waals surface area contributed by atoms with Crippen LogP contribution < -0.4 is 5.32 Å². The summed E-state index contributed by atoms with van der Waals surface area (Å²) in [7, 11) is 0. The van der Waals surface area contributed by atoms with Crippen LogP contribution in [0.1, 0.15) is 0 Å². The Labute approximate surface area is 65.3 Å². The molecule has 0 spiro atoms. The highest BCUT2D eigenvalue weighted by Gasteiger charge is 2.47. The minimum absolute atomic E-state index is 0.459. The van der Waals surface area contributed by atoms with Crippen LogP contribution in [0.25, 0.3) is 0 Å². The Morgan fingerprint density at radius 3 is 2.42 bits per heavy atom. The van der Waals surface area contributed by atoms with Crippen molar-refractivity contribution in [3.63, 3.8) is 0 Å². The fourth-order valence-electron chi connectivity index (χ4n) is 0.803. The van der Waals surface area contributed by atoms with Crippen molar-refractivity contribution in [1.82, 2.24) is 5.32 Å². The summed E-state index contributed by atoms with van der Waals surface area (Å²) in [6.07, 6.45) is -6.71. The van der Waals surface area contributed by atoms with Crippen LogP contribution in [0.2, 0.25) is 0 Å². The second kappa shape index (κ2) is 2.91. The third-order valence-electron chi connectivity index (χ3n) is 1.38. The van der Waals surface area contributed by atoms with Crippen molar-refractivity contribution >= 4 is 5.97 Å². The molecule has 0 unspecified atom stereocenters. The number of ether oxygens (including phenoxy) is 1. The van der Waals surface area contributed by atoms with Crippen LogP contribution in [0.3, 0.4) is 0 Å². The predicted molar refractivity (Wildman–Crippen MR) is 30.4 cm³/mol. The summed E-state index contributed by atoms with van der Waals surface area (Å²) in [5.74, 6) is -1.35. The molecule has 1 heterocycles. The maximum atomic E-state index is 11.8. The Morgan fingerprint density at radius 1 is 1.58 bits per heavy atom. The van der Waals surface area contributed by atoms with Crippen LogP contribution >= 0.6 is 0 Å². The fourth-order valence-corrected chi connectivity index (χ4v) is 0.803. The lowest BCUT2D eigenvalue weighted by Gasteiger charge is -2.13. The Kier molecular flexibility index (Phi) is 2.25. The topological polar surface area (TPSA) is 58.6 Å². The summed E-state index contributed by atoms with van der Waals surface area (Å²) in [5, 5.41) is 10.1. The average Bonchev–Trinajstić information content (AvgIpc) is 2.30. The highest BCUT2D eigenvalue weighted by Crippen LogP contribution is 2.24. The molecule has 2 N–H and O–H groups in total. The van der Waals surface area contributed by atoms with Crippen molar-refractivity contribution in [2.75, 3.05) is 6.61 Å². The lowest BCUT2D eigenvalue weighted by molar-refractivity contribution is -0.212. The number of nitrogens with one attached hydrogen (secondary N) is 1. The second-order valence-electron chi connectivity index (χ2n) is 2.31. The van der Waals surface area contributed by atoms with Crippen molar-refractivity contribution in [2.45, 2.75) is 18.4 Å². The Balaban J connectivity index is 2.51. The highest BCUT2D eigenvalue weighted by atomic mass is 19.4. The molecule has 0 amide bonds. The molecule has 0 bridgehead atoms. The summed E-state index contributed by atoms with van der Waals surface area (Å²) in [4.78, 5) is 10.2. The van der Waals surface area contributed by atoms with E-state index in [0.29, 0.717) is 0 Å². The molecule has 12 heavy (non-hydrogen) atoms. The number of alkyl halides is 3. The van der Waals surface area contributed by atoms with Gasteiger partial charge in [0.1, 0.15) is 6.04 Å². The average molecular weight is 185 g/mol. The summed E-state index contributed by atoms with van der Waals surface area (Å²) >= 11 is 0. The van der Waals surface area contributed by atoms with Crippen LogP contribution in [-0.4, -0.2) is 36.1 Å². The van der Waals surface area contributed by atoms with Crippen molar-refractivity contribution in [3.05, 3.63) is 0 Å². The normalized spacial score (nSPS) is 30.6. The summed E-state index contributed by atoms with van der Waals surface area (Å²) in [6, 6.07) is -1.27. The number of rotatable bonds is 1. The van der Waals surface area contributed by atoms with Gasteiger partial charge in [-0.15, -0.1) is 0 Å². The molecule has 1 fully saturated rings. The summed E-state index contributed by atoms with van der Waals surface area (Å²) in [5.41, 5.74) is 0. The zero-order chi connectivity index (χ0) is 9.35. The van der Waals surface area contributed by atoms with Gasteiger partial charge in [-0.05, 0) is 0 Å². The number of carbonyl (C=O) groups is 1. The van der Waals surface area contributed by atoms with Gasteiger partial charge < -0.3 is 9.84 Å². The van der Waals surface area contributed by atoms with Crippen molar-refractivity contribution in [2.24, 2.45) is 0 Å². The molecule has 0 saturated carbocycles. The smallest absolute Gasteiger partial charge is 0.428 e. The van der Waals surface area contributed by atoms with Gasteiger partial charge in [-0.2, -0.15) is 13.2 Å². The molecule has 0 aliphatic carbocycles. The lowest BCUT2D eigenvalue weighted by atomic mass is 10.3. The number of halogens is 3. The van der Waals surface area contributed by atoms with Gasteiger partial charge in [-0.3, -0.25) is 10.1 Å². The standard InChI is InChI=1S/C5H6F3NO3/c6-5(7,8)4-9-2(1-12-4)3(10)11/h2,4,9H,1H2,(H,10,11)/t2-,4-/m0/s1. The first-order chi connectivity index (χ1) is 5.41. The lowest BCUT2D eigenvalue weighted by Crippen LogP contribution is -2.44. The summed E-state index contributed by atoms with van der Waals surface area (Å²) in [6.45, 7) is -0.459. The van der Waals surface area contributed by atoms with E-state index in [1.807, 2.05) is 0 Å². The zero-order valence-corrected chi connectivity index (χ0v) is 5.76. The molecule has 0 aromatic rings. The fraction of sp³-hybridized carbons (Fsp3) is 0.800. The van der Waals surface area contributed by atoms with E-state index >= 15 is 0 Å². The van der Waals surface area contributed by atoms with Gasteiger partial charge in [0.05, 0.1) is 6.61 Å². The largest absolute Gasteiger partial charge is 0.480 e. The third-order valence-corrected chi connectivity index (χ3v) is 1.38. The molecule has 1 aliphatic rings. The van der Waals surface area contributed by atoms with Gasteiger partial charge in [0.15, 0.2) is 0 Å². The molecule has 0 aromatic heterocycles. The summed E-state index contributed by atoms with van der Waals surface area (Å²) < 4.78 is 39.6. The van der Waals surface area contributed by atoms with Gasteiger partial charge in [0, 0.05) is 0 Å². The third kappa shape index (κ3) is 1.86. The van der Waals surface area contributed by atoms with Crippen LogP contribution in [-0.2, 0) is 9.53 Å².